The number of aromatic amines is 1. The van der Waals surface area contributed by atoms with E-state index in [1.807, 2.05) is 72.3 Å². The van der Waals surface area contributed by atoms with Crippen LogP contribution in [-0.4, -0.2) is 56.7 Å². The van der Waals surface area contributed by atoms with Gasteiger partial charge in [-0.1, -0.05) is 48.2 Å². The van der Waals surface area contributed by atoms with Crippen molar-refractivity contribution in [3.63, 3.8) is 0 Å². The zero-order chi connectivity index (χ0) is 27.7. The van der Waals surface area contributed by atoms with E-state index in [4.69, 9.17) is 0 Å². The van der Waals surface area contributed by atoms with Gasteiger partial charge < -0.3 is 10.3 Å². The van der Waals surface area contributed by atoms with Gasteiger partial charge in [-0.05, 0) is 62.2 Å². The molecule has 1 atom stereocenters. The molecule has 0 bridgehead atoms. The number of amides is 1. The summed E-state index contributed by atoms with van der Waals surface area (Å²) in [5.41, 5.74) is 3.33. The quantitative estimate of drug-likeness (QED) is 0.243. The Morgan fingerprint density at radius 1 is 0.950 bits per heavy atom. The number of rotatable bonds is 8. The van der Waals surface area contributed by atoms with E-state index >= 15 is 0 Å². The molecule has 1 fully saturated rings. The number of carbonyl (C=O) groups is 1. The fourth-order valence-electron chi connectivity index (χ4n) is 4.83. The van der Waals surface area contributed by atoms with Crippen LogP contribution in [0.2, 0.25) is 0 Å². The smallest absolute Gasteiger partial charge is 0.243 e. The first-order valence-corrected chi connectivity index (χ1v) is 15.4. The molecule has 1 saturated heterocycles. The van der Waals surface area contributed by atoms with Gasteiger partial charge in [-0.25, -0.2) is 8.42 Å². The lowest BCUT2D eigenvalue weighted by Crippen LogP contribution is -2.27. The summed E-state index contributed by atoms with van der Waals surface area (Å²) in [6, 6.07) is 24.2. The van der Waals surface area contributed by atoms with Gasteiger partial charge in [-0.15, -0.1) is 10.2 Å². The highest BCUT2D eigenvalue weighted by Gasteiger charge is 2.27. The SMILES string of the molecule is C[C@@H](Sc1nnc(-c2c[nH]c3ccccc23)n1-c1ccccc1)C(=O)Nc1ccc(S(=O)(=O)N2CCCC2)cc1. The molecule has 0 spiro atoms. The molecule has 2 N–H and O–H groups in total. The van der Waals surface area contributed by atoms with Gasteiger partial charge in [0.15, 0.2) is 11.0 Å². The molecule has 0 unspecified atom stereocenters. The van der Waals surface area contributed by atoms with Crippen molar-refractivity contribution in [2.24, 2.45) is 0 Å². The van der Waals surface area contributed by atoms with Crippen molar-refractivity contribution < 1.29 is 13.2 Å². The minimum Gasteiger partial charge on any atom is -0.360 e. The highest BCUT2D eigenvalue weighted by atomic mass is 32.2. The van der Waals surface area contributed by atoms with E-state index in [9.17, 15) is 13.2 Å². The average molecular weight is 573 g/mol. The van der Waals surface area contributed by atoms with Crippen LogP contribution < -0.4 is 5.32 Å². The predicted octanol–water partition coefficient (Wildman–Crippen LogP) is 5.32. The summed E-state index contributed by atoms with van der Waals surface area (Å²) < 4.78 is 29.1. The number of fused-ring (bicyclic) bond motifs is 1. The highest BCUT2D eigenvalue weighted by Crippen LogP contribution is 2.34. The molecule has 204 valence electrons. The van der Waals surface area contributed by atoms with E-state index in [-0.39, 0.29) is 10.8 Å². The van der Waals surface area contributed by atoms with Crippen LogP contribution in [0.4, 0.5) is 5.69 Å². The second-order valence-corrected chi connectivity index (χ2v) is 12.9. The number of H-pyrrole nitrogens is 1. The number of nitrogens with zero attached hydrogens (tertiary/aromatic N) is 4. The summed E-state index contributed by atoms with van der Waals surface area (Å²) in [5.74, 6) is 0.449. The Morgan fingerprint density at radius 3 is 2.40 bits per heavy atom. The number of thioether (sulfide) groups is 1. The number of sulfonamides is 1. The maximum Gasteiger partial charge on any atom is 0.243 e. The maximum atomic E-state index is 13.1. The largest absolute Gasteiger partial charge is 0.360 e. The molecule has 40 heavy (non-hydrogen) atoms. The van der Waals surface area contributed by atoms with Crippen LogP contribution in [-0.2, 0) is 14.8 Å². The van der Waals surface area contributed by atoms with Crippen LogP contribution in [0.25, 0.3) is 28.0 Å². The number of para-hydroxylation sites is 2. The van der Waals surface area contributed by atoms with Crippen molar-refractivity contribution in [1.29, 1.82) is 0 Å². The molecule has 2 aromatic heterocycles. The second-order valence-electron chi connectivity index (χ2n) is 9.61. The monoisotopic (exact) mass is 572 g/mol. The summed E-state index contributed by atoms with van der Waals surface area (Å²) in [5, 5.41) is 13.0. The molecule has 11 heteroatoms. The van der Waals surface area contributed by atoms with Gasteiger partial charge in [0.2, 0.25) is 15.9 Å². The van der Waals surface area contributed by atoms with Crippen molar-refractivity contribution in [2.45, 2.75) is 35.1 Å². The van der Waals surface area contributed by atoms with Crippen LogP contribution in [0.1, 0.15) is 19.8 Å². The van der Waals surface area contributed by atoms with E-state index in [2.05, 4.69) is 20.5 Å². The molecule has 3 heterocycles. The molecule has 1 aliphatic heterocycles. The van der Waals surface area contributed by atoms with Gasteiger partial charge in [0.1, 0.15) is 0 Å². The van der Waals surface area contributed by atoms with Gasteiger partial charge >= 0.3 is 0 Å². The van der Waals surface area contributed by atoms with Crippen LogP contribution in [0, 0.1) is 0 Å². The summed E-state index contributed by atoms with van der Waals surface area (Å²) in [7, 11) is -3.51. The first-order valence-electron chi connectivity index (χ1n) is 13.1. The van der Waals surface area contributed by atoms with Crippen LogP contribution >= 0.6 is 11.8 Å². The topological polar surface area (TPSA) is 113 Å². The van der Waals surface area contributed by atoms with E-state index in [1.165, 1.54) is 16.1 Å². The summed E-state index contributed by atoms with van der Waals surface area (Å²) in [6.45, 7) is 2.90. The molecule has 0 aliphatic carbocycles. The lowest BCUT2D eigenvalue weighted by Gasteiger charge is -2.16. The third-order valence-corrected chi connectivity index (χ3v) is 9.91. The number of hydrogen-bond acceptors (Lipinski definition) is 6. The Hall–Kier alpha value is -3.93. The number of anilines is 1. The van der Waals surface area contributed by atoms with Crippen molar-refractivity contribution >= 4 is 44.3 Å². The van der Waals surface area contributed by atoms with Crippen LogP contribution in [0.5, 0.6) is 0 Å². The minimum absolute atomic E-state index is 0.226. The summed E-state index contributed by atoms with van der Waals surface area (Å²) in [6.07, 6.45) is 3.68. The molecule has 0 radical (unpaired) electrons. The lowest BCUT2D eigenvalue weighted by molar-refractivity contribution is -0.115. The third-order valence-electron chi connectivity index (χ3n) is 6.95. The lowest BCUT2D eigenvalue weighted by atomic mass is 10.1. The molecule has 1 amide bonds. The molecule has 5 aromatic rings. The number of carbonyl (C=O) groups excluding carboxylic acids is 1. The van der Waals surface area contributed by atoms with Gasteiger partial charge in [0.25, 0.3) is 0 Å². The Labute approximate surface area is 236 Å². The van der Waals surface area contributed by atoms with Gasteiger partial charge in [0, 0.05) is 47.1 Å². The zero-order valence-electron chi connectivity index (χ0n) is 21.8. The Balaban J connectivity index is 1.23. The van der Waals surface area contributed by atoms with Crippen molar-refractivity contribution in [3.8, 4) is 17.1 Å². The average Bonchev–Trinajstić information content (AvgIpc) is 3.74. The van der Waals surface area contributed by atoms with Gasteiger partial charge in [0.05, 0.1) is 10.1 Å². The van der Waals surface area contributed by atoms with Gasteiger partial charge in [-0.3, -0.25) is 9.36 Å². The van der Waals surface area contributed by atoms with E-state index in [1.54, 1.807) is 24.3 Å². The molecular weight excluding hydrogens is 544 g/mol. The maximum absolute atomic E-state index is 13.1. The minimum atomic E-state index is -3.51. The van der Waals surface area contributed by atoms with Crippen LogP contribution in [0.3, 0.4) is 0 Å². The Morgan fingerprint density at radius 2 is 1.65 bits per heavy atom. The van der Waals surface area contributed by atoms with E-state index < -0.39 is 15.3 Å². The standard InChI is InChI=1S/C29H28N6O3S2/c1-20(28(36)31-21-13-15-23(16-14-21)40(37,38)34-17-7-8-18-34)39-29-33-32-27(35(29)22-9-3-2-4-10-22)25-19-30-26-12-6-5-11-24(25)26/h2-6,9-16,19-20,30H,7-8,17-18H2,1H3,(H,31,36)/t20-/m1/s1. The fraction of sp³-hybridized carbons (Fsp3) is 0.207. The third kappa shape index (κ3) is 5.03. The first-order chi connectivity index (χ1) is 19.4. The fourth-order valence-corrected chi connectivity index (χ4v) is 7.21. The first kappa shape index (κ1) is 26.3. The Kier molecular flexibility index (Phi) is 7.18. The number of benzene rings is 3. The number of aromatic nitrogens is 4. The normalized spacial score (nSPS) is 14.9. The van der Waals surface area contributed by atoms with Crippen molar-refractivity contribution in [1.82, 2.24) is 24.1 Å². The second kappa shape index (κ2) is 10.9. The zero-order valence-corrected chi connectivity index (χ0v) is 23.5. The predicted molar refractivity (Wildman–Crippen MR) is 157 cm³/mol. The molecule has 0 saturated carbocycles. The van der Waals surface area contributed by atoms with Gasteiger partial charge in [-0.2, -0.15) is 4.31 Å². The molecule has 1 aliphatic rings. The molecule has 6 rings (SSSR count). The van der Waals surface area contributed by atoms with E-state index in [0.29, 0.717) is 29.8 Å². The van der Waals surface area contributed by atoms with E-state index in [0.717, 1.165) is 35.0 Å². The number of nitrogens with one attached hydrogen (secondary N) is 2. The summed E-state index contributed by atoms with van der Waals surface area (Å²) >= 11 is 1.30. The van der Waals surface area contributed by atoms with Crippen LogP contribution in [0.15, 0.2) is 95.1 Å². The number of hydrogen-bond donors (Lipinski definition) is 2. The molecule has 9 nitrogen and oxygen atoms in total. The van der Waals surface area contributed by atoms with Crippen molar-refractivity contribution in [3.05, 3.63) is 85.1 Å². The summed E-state index contributed by atoms with van der Waals surface area (Å²) in [4.78, 5) is 16.7. The van der Waals surface area contributed by atoms with Crippen molar-refractivity contribution in [2.75, 3.05) is 18.4 Å². The molecular formula is C29H28N6O3S2. The molecule has 3 aromatic carbocycles. The Bertz CT molecular complexity index is 1760. The highest BCUT2D eigenvalue weighted by molar-refractivity contribution is 8.00.